The standard InChI is InChI=1S/C36H38ClN5O4/c1-21-28(30-6-3-7-32(33(30)37)42-12-9-25(10-13-42)39-26-16-27(43)17-26)4-2-5-29(21)35-40-31-15-22(14-24(18-38)34(31)46-35)19-41-11-8-23(20-41)36(44)45/h2-7,14-15,23,25-27,39,43H,8-13,16-17,19-20H2,1H3,(H,44,45)/t23-,26-,27+/m1/s1. The average molecular weight is 640 g/mol. The van der Waals surface area contributed by atoms with Crippen molar-refractivity contribution < 1.29 is 19.4 Å². The normalized spacial score (nSPS) is 22.2. The van der Waals surface area contributed by atoms with Gasteiger partial charge >= 0.3 is 5.97 Å². The van der Waals surface area contributed by atoms with Crippen LogP contribution in [0.5, 0.6) is 0 Å². The number of nitrogens with zero attached hydrogens (tertiary/aromatic N) is 4. The van der Waals surface area contributed by atoms with E-state index in [-0.39, 0.29) is 12.0 Å². The summed E-state index contributed by atoms with van der Waals surface area (Å²) in [5.74, 6) is -0.678. The quantitative estimate of drug-likeness (QED) is 0.213. The highest BCUT2D eigenvalue weighted by Crippen LogP contribution is 2.41. The zero-order valence-corrected chi connectivity index (χ0v) is 26.6. The molecule has 1 saturated carbocycles. The predicted octanol–water partition coefficient (Wildman–Crippen LogP) is 5.98. The number of carboxylic acids is 1. The number of nitrogens with one attached hydrogen (secondary N) is 1. The Morgan fingerprint density at radius 1 is 1.07 bits per heavy atom. The number of hydrogen-bond donors (Lipinski definition) is 3. The van der Waals surface area contributed by atoms with Crippen LogP contribution >= 0.6 is 11.6 Å². The molecule has 3 N–H and O–H groups in total. The van der Waals surface area contributed by atoms with Gasteiger partial charge in [-0.25, -0.2) is 4.98 Å². The molecule has 0 spiro atoms. The Bertz CT molecular complexity index is 1820. The van der Waals surface area contributed by atoms with E-state index in [4.69, 9.17) is 21.0 Å². The van der Waals surface area contributed by atoms with Gasteiger partial charge in [-0.15, -0.1) is 0 Å². The van der Waals surface area contributed by atoms with Crippen molar-refractivity contribution >= 4 is 34.4 Å². The van der Waals surface area contributed by atoms with Gasteiger partial charge in [0.25, 0.3) is 0 Å². The molecule has 2 saturated heterocycles. The van der Waals surface area contributed by atoms with Gasteiger partial charge in [0.2, 0.25) is 5.89 Å². The number of oxazole rings is 1. The molecule has 238 valence electrons. The van der Waals surface area contributed by atoms with Crippen LogP contribution in [0.3, 0.4) is 0 Å². The van der Waals surface area contributed by atoms with Crippen molar-refractivity contribution in [2.45, 2.75) is 63.8 Å². The van der Waals surface area contributed by atoms with Crippen molar-refractivity contribution in [3.63, 3.8) is 0 Å². The van der Waals surface area contributed by atoms with Crippen molar-refractivity contribution in [2.24, 2.45) is 5.92 Å². The van der Waals surface area contributed by atoms with Gasteiger partial charge in [-0.05, 0) is 86.5 Å². The summed E-state index contributed by atoms with van der Waals surface area (Å²) in [6.07, 6.45) is 4.26. The van der Waals surface area contributed by atoms with Crippen molar-refractivity contribution in [1.29, 1.82) is 5.26 Å². The Morgan fingerprint density at radius 2 is 1.80 bits per heavy atom. The number of nitriles is 1. The van der Waals surface area contributed by atoms with Gasteiger partial charge in [-0.3, -0.25) is 9.69 Å². The van der Waals surface area contributed by atoms with Crippen LogP contribution in [0.4, 0.5) is 5.69 Å². The molecule has 0 unspecified atom stereocenters. The number of piperidine rings is 1. The molecule has 2 aliphatic heterocycles. The van der Waals surface area contributed by atoms with E-state index in [1.807, 2.05) is 37.3 Å². The second-order valence-electron chi connectivity index (χ2n) is 13.0. The second kappa shape index (κ2) is 12.7. The first-order valence-electron chi connectivity index (χ1n) is 16.1. The van der Waals surface area contributed by atoms with E-state index in [0.29, 0.717) is 60.7 Å². The van der Waals surface area contributed by atoms with Crippen LogP contribution in [-0.2, 0) is 11.3 Å². The highest BCUT2D eigenvalue weighted by atomic mass is 35.5. The van der Waals surface area contributed by atoms with Crippen molar-refractivity contribution in [2.75, 3.05) is 31.1 Å². The summed E-state index contributed by atoms with van der Waals surface area (Å²) >= 11 is 7.14. The minimum Gasteiger partial charge on any atom is -0.481 e. The summed E-state index contributed by atoms with van der Waals surface area (Å²) in [5.41, 5.74) is 7.16. The third-order valence-corrected chi connectivity index (χ3v) is 10.3. The van der Waals surface area contributed by atoms with E-state index in [1.165, 1.54) is 0 Å². The minimum absolute atomic E-state index is 0.145. The molecular formula is C36H38ClN5O4. The molecule has 3 aliphatic rings. The number of rotatable bonds is 8. The molecule has 0 bridgehead atoms. The van der Waals surface area contributed by atoms with Crippen molar-refractivity contribution in [3.8, 4) is 28.7 Å². The summed E-state index contributed by atoms with van der Waals surface area (Å²) < 4.78 is 6.24. The number of aliphatic hydroxyl groups excluding tert-OH is 1. The number of aliphatic hydroxyl groups is 1. The topological polar surface area (TPSA) is 126 Å². The van der Waals surface area contributed by atoms with E-state index in [9.17, 15) is 20.3 Å². The van der Waals surface area contributed by atoms with Crippen LogP contribution in [0.15, 0.2) is 52.9 Å². The molecule has 0 radical (unpaired) electrons. The number of likely N-dealkylation sites (tertiary alicyclic amines) is 1. The molecule has 9 nitrogen and oxygen atoms in total. The highest BCUT2D eigenvalue weighted by molar-refractivity contribution is 6.36. The molecule has 1 aromatic heterocycles. The Labute approximate surface area is 273 Å². The van der Waals surface area contributed by atoms with Crippen LogP contribution in [0.25, 0.3) is 33.7 Å². The first kappa shape index (κ1) is 30.7. The number of aromatic nitrogens is 1. The molecular weight excluding hydrogens is 602 g/mol. The molecule has 0 amide bonds. The molecule has 1 atom stereocenters. The van der Waals surface area contributed by atoms with E-state index in [1.54, 1.807) is 0 Å². The minimum atomic E-state index is -0.762. The van der Waals surface area contributed by atoms with Gasteiger partial charge < -0.3 is 24.8 Å². The van der Waals surface area contributed by atoms with Crippen LogP contribution in [0, 0.1) is 24.2 Å². The summed E-state index contributed by atoms with van der Waals surface area (Å²) in [6.45, 7) is 5.63. The van der Waals surface area contributed by atoms with Gasteiger partial charge in [-0.2, -0.15) is 5.26 Å². The number of carbonyl (C=O) groups is 1. The van der Waals surface area contributed by atoms with E-state index < -0.39 is 5.97 Å². The lowest BCUT2D eigenvalue weighted by atomic mass is 9.88. The Hall–Kier alpha value is -3.94. The number of aliphatic carboxylic acids is 1. The van der Waals surface area contributed by atoms with Gasteiger partial charge in [0.1, 0.15) is 11.6 Å². The molecule has 4 aromatic rings. The number of halogens is 1. The maximum atomic E-state index is 11.4. The van der Waals surface area contributed by atoms with E-state index in [0.717, 1.165) is 77.3 Å². The van der Waals surface area contributed by atoms with Gasteiger partial charge in [0.05, 0.1) is 28.3 Å². The molecule has 10 heteroatoms. The first-order chi connectivity index (χ1) is 22.3. The Morgan fingerprint density at radius 3 is 2.52 bits per heavy atom. The summed E-state index contributed by atoms with van der Waals surface area (Å²) in [6, 6.07) is 19.1. The molecule has 46 heavy (non-hydrogen) atoms. The average Bonchev–Trinajstić information content (AvgIpc) is 3.68. The predicted molar refractivity (Wildman–Crippen MR) is 178 cm³/mol. The SMILES string of the molecule is Cc1c(-c2nc3cc(CN4CC[C@@H](C(=O)O)C4)cc(C#N)c3o2)cccc1-c1cccc(N2CCC(N[C@H]3C[C@@H](O)C3)CC2)c1Cl. The van der Waals surface area contributed by atoms with Crippen molar-refractivity contribution in [1.82, 2.24) is 15.2 Å². The zero-order valence-electron chi connectivity index (χ0n) is 25.9. The van der Waals surface area contributed by atoms with Crippen LogP contribution in [0.1, 0.15) is 48.8 Å². The number of carboxylic acid groups (broad SMARTS) is 1. The van der Waals surface area contributed by atoms with Gasteiger partial charge in [-0.1, -0.05) is 35.9 Å². The number of benzene rings is 3. The molecule has 3 aromatic carbocycles. The van der Waals surface area contributed by atoms with Crippen molar-refractivity contribution in [3.05, 3.63) is 70.2 Å². The summed E-state index contributed by atoms with van der Waals surface area (Å²) in [5, 5.41) is 33.4. The lowest BCUT2D eigenvalue weighted by molar-refractivity contribution is -0.141. The number of fused-ring (bicyclic) bond motifs is 1. The van der Waals surface area contributed by atoms with E-state index >= 15 is 0 Å². The summed E-state index contributed by atoms with van der Waals surface area (Å²) in [4.78, 5) is 20.7. The maximum absolute atomic E-state index is 11.4. The van der Waals surface area contributed by atoms with Gasteiger partial charge in [0.15, 0.2) is 5.58 Å². The fraction of sp³-hybridized carbons (Fsp3) is 0.417. The van der Waals surface area contributed by atoms with Gasteiger partial charge in [0, 0.05) is 49.4 Å². The van der Waals surface area contributed by atoms with Crippen LogP contribution < -0.4 is 10.2 Å². The Balaban J connectivity index is 1.12. The molecule has 7 rings (SSSR count). The third-order valence-electron chi connectivity index (χ3n) is 9.95. The second-order valence-corrected chi connectivity index (χ2v) is 13.4. The Kier molecular flexibility index (Phi) is 8.47. The fourth-order valence-electron chi connectivity index (χ4n) is 7.29. The number of anilines is 1. The van der Waals surface area contributed by atoms with Crippen LogP contribution in [0.2, 0.25) is 5.02 Å². The third kappa shape index (κ3) is 5.98. The van der Waals surface area contributed by atoms with Crippen LogP contribution in [-0.4, -0.2) is 70.4 Å². The smallest absolute Gasteiger partial charge is 0.307 e. The zero-order chi connectivity index (χ0) is 31.9. The monoisotopic (exact) mass is 639 g/mol. The molecule has 1 aliphatic carbocycles. The fourth-order valence-corrected chi connectivity index (χ4v) is 7.64. The lowest BCUT2D eigenvalue weighted by Gasteiger charge is -2.40. The summed E-state index contributed by atoms with van der Waals surface area (Å²) in [7, 11) is 0. The molecule has 3 heterocycles. The van der Waals surface area contributed by atoms with E-state index in [2.05, 4.69) is 39.4 Å². The largest absolute Gasteiger partial charge is 0.481 e. The number of hydrogen-bond acceptors (Lipinski definition) is 8. The maximum Gasteiger partial charge on any atom is 0.307 e. The highest BCUT2D eigenvalue weighted by Gasteiger charge is 2.31. The first-order valence-corrected chi connectivity index (χ1v) is 16.5. The lowest BCUT2D eigenvalue weighted by Crippen LogP contribution is -2.52. The molecule has 3 fully saturated rings.